The quantitative estimate of drug-likeness (QED) is 0.857. The average molecular weight is 274 g/mol. The fourth-order valence-corrected chi connectivity index (χ4v) is 1.54. The molecule has 14 heavy (non-hydrogen) atoms. The third-order valence-electron chi connectivity index (χ3n) is 1.67. The summed E-state index contributed by atoms with van der Waals surface area (Å²) in [6.07, 6.45) is 0.962. The van der Waals surface area contributed by atoms with E-state index in [-0.39, 0.29) is 0 Å². The van der Waals surface area contributed by atoms with Gasteiger partial charge in [-0.2, -0.15) is 0 Å². The van der Waals surface area contributed by atoms with Gasteiger partial charge in [0.1, 0.15) is 10.7 Å². The minimum atomic E-state index is 0.364. The van der Waals surface area contributed by atoms with E-state index in [1.807, 2.05) is 18.2 Å². The van der Waals surface area contributed by atoms with Crippen LogP contribution in [0.3, 0.4) is 0 Å². The number of thiocarbonyl (C=S) groups is 1. The van der Waals surface area contributed by atoms with E-state index in [0.717, 1.165) is 22.2 Å². The molecule has 4 heteroatoms. The fourth-order valence-electron chi connectivity index (χ4n) is 1.03. The van der Waals surface area contributed by atoms with Crippen LogP contribution < -0.4 is 10.5 Å². The van der Waals surface area contributed by atoms with E-state index in [2.05, 4.69) is 22.9 Å². The molecule has 0 radical (unpaired) electrons. The van der Waals surface area contributed by atoms with E-state index in [1.54, 1.807) is 0 Å². The summed E-state index contributed by atoms with van der Waals surface area (Å²) in [4.78, 5) is 0.364. The minimum Gasteiger partial charge on any atom is -0.493 e. The number of nitrogens with two attached hydrogens (primary N) is 1. The minimum absolute atomic E-state index is 0.364. The molecule has 1 aromatic carbocycles. The molecular weight excluding hydrogens is 262 g/mol. The summed E-state index contributed by atoms with van der Waals surface area (Å²) in [7, 11) is 0. The van der Waals surface area contributed by atoms with Crippen molar-refractivity contribution in [2.45, 2.75) is 13.3 Å². The van der Waals surface area contributed by atoms with Gasteiger partial charge in [-0.1, -0.05) is 35.1 Å². The van der Waals surface area contributed by atoms with Crippen molar-refractivity contribution in [3.63, 3.8) is 0 Å². The number of hydrogen-bond donors (Lipinski definition) is 1. The molecule has 0 saturated carbocycles. The first-order chi connectivity index (χ1) is 6.65. The summed E-state index contributed by atoms with van der Waals surface area (Å²) < 4.78 is 6.49. The fraction of sp³-hybridized carbons (Fsp3) is 0.300. The zero-order chi connectivity index (χ0) is 10.6. The Balaban J connectivity index is 2.97. The first kappa shape index (κ1) is 11.5. The Kier molecular flexibility index (Phi) is 4.35. The van der Waals surface area contributed by atoms with E-state index in [9.17, 15) is 0 Å². The summed E-state index contributed by atoms with van der Waals surface area (Å²) in [5.74, 6) is 0.744. The van der Waals surface area contributed by atoms with Gasteiger partial charge in [0.2, 0.25) is 0 Å². The summed E-state index contributed by atoms with van der Waals surface area (Å²) in [5.41, 5.74) is 6.36. The predicted octanol–water partition coefficient (Wildman–Crippen LogP) is 2.87. The highest BCUT2D eigenvalue weighted by Crippen LogP contribution is 2.23. The maximum atomic E-state index is 5.57. The molecule has 0 amide bonds. The maximum Gasteiger partial charge on any atom is 0.130 e. The Hall–Kier alpha value is -0.610. The molecule has 0 heterocycles. The van der Waals surface area contributed by atoms with Gasteiger partial charge in [-0.15, -0.1) is 0 Å². The largest absolute Gasteiger partial charge is 0.493 e. The first-order valence-corrected chi connectivity index (χ1v) is 5.57. The standard InChI is InChI=1S/C10H12BrNOS/c1-2-5-13-9-6-7(11)3-4-8(9)10(12)14/h3-4,6H,2,5H2,1H3,(H2,12,14). The van der Waals surface area contributed by atoms with Crippen LogP contribution in [0, 0.1) is 0 Å². The van der Waals surface area contributed by atoms with Crippen molar-refractivity contribution >= 4 is 33.1 Å². The van der Waals surface area contributed by atoms with E-state index < -0.39 is 0 Å². The van der Waals surface area contributed by atoms with Crippen molar-refractivity contribution in [3.8, 4) is 5.75 Å². The van der Waals surface area contributed by atoms with Crippen molar-refractivity contribution in [3.05, 3.63) is 28.2 Å². The smallest absolute Gasteiger partial charge is 0.130 e. The normalized spacial score (nSPS) is 9.86. The Bertz CT molecular complexity index is 341. The lowest BCUT2D eigenvalue weighted by Crippen LogP contribution is -2.11. The van der Waals surface area contributed by atoms with Gasteiger partial charge in [-0.05, 0) is 24.6 Å². The number of rotatable bonds is 4. The Morgan fingerprint density at radius 3 is 2.86 bits per heavy atom. The lowest BCUT2D eigenvalue weighted by Gasteiger charge is -2.09. The molecule has 76 valence electrons. The highest BCUT2D eigenvalue weighted by atomic mass is 79.9. The van der Waals surface area contributed by atoms with E-state index in [0.29, 0.717) is 11.6 Å². The van der Waals surface area contributed by atoms with Crippen molar-refractivity contribution in [1.29, 1.82) is 0 Å². The lowest BCUT2D eigenvalue weighted by molar-refractivity contribution is 0.317. The van der Waals surface area contributed by atoms with E-state index in [1.165, 1.54) is 0 Å². The zero-order valence-electron chi connectivity index (χ0n) is 7.92. The van der Waals surface area contributed by atoms with Crippen LogP contribution in [-0.2, 0) is 0 Å². The SMILES string of the molecule is CCCOc1cc(Br)ccc1C(N)=S. The van der Waals surface area contributed by atoms with Crippen molar-refractivity contribution < 1.29 is 4.74 Å². The molecule has 0 aromatic heterocycles. The van der Waals surface area contributed by atoms with Gasteiger partial charge in [0, 0.05) is 4.47 Å². The van der Waals surface area contributed by atoms with Gasteiger partial charge in [0.05, 0.1) is 12.2 Å². The van der Waals surface area contributed by atoms with Gasteiger partial charge in [0.25, 0.3) is 0 Å². The summed E-state index contributed by atoms with van der Waals surface area (Å²) in [5, 5.41) is 0. The Morgan fingerprint density at radius 2 is 2.29 bits per heavy atom. The molecule has 1 aromatic rings. The summed E-state index contributed by atoms with van der Waals surface area (Å²) in [6.45, 7) is 2.73. The van der Waals surface area contributed by atoms with Crippen LogP contribution in [0.2, 0.25) is 0 Å². The van der Waals surface area contributed by atoms with Gasteiger partial charge in [-0.25, -0.2) is 0 Å². The summed E-state index contributed by atoms with van der Waals surface area (Å²) >= 11 is 8.30. The van der Waals surface area contributed by atoms with Crippen LogP contribution in [0.1, 0.15) is 18.9 Å². The summed E-state index contributed by atoms with van der Waals surface area (Å²) in [6, 6.07) is 5.63. The molecule has 0 bridgehead atoms. The van der Waals surface area contributed by atoms with E-state index >= 15 is 0 Å². The molecule has 0 spiro atoms. The Morgan fingerprint density at radius 1 is 1.57 bits per heavy atom. The molecule has 0 unspecified atom stereocenters. The zero-order valence-corrected chi connectivity index (χ0v) is 10.3. The van der Waals surface area contributed by atoms with Crippen LogP contribution in [-0.4, -0.2) is 11.6 Å². The predicted molar refractivity (Wildman–Crippen MR) is 65.8 cm³/mol. The monoisotopic (exact) mass is 273 g/mol. The molecular formula is C10H12BrNOS. The molecule has 0 aliphatic rings. The average Bonchev–Trinajstić information content (AvgIpc) is 2.14. The second kappa shape index (κ2) is 5.32. The van der Waals surface area contributed by atoms with Crippen molar-refractivity contribution in [2.24, 2.45) is 5.73 Å². The number of halogens is 1. The molecule has 0 aliphatic heterocycles. The Labute approximate surface area is 97.6 Å². The number of benzene rings is 1. The van der Waals surface area contributed by atoms with Gasteiger partial charge in [-0.3, -0.25) is 0 Å². The molecule has 1 rings (SSSR count). The maximum absolute atomic E-state index is 5.57. The van der Waals surface area contributed by atoms with E-state index in [4.69, 9.17) is 22.7 Å². The van der Waals surface area contributed by atoms with Crippen molar-refractivity contribution in [2.75, 3.05) is 6.61 Å². The van der Waals surface area contributed by atoms with Gasteiger partial charge < -0.3 is 10.5 Å². The van der Waals surface area contributed by atoms with Crippen molar-refractivity contribution in [1.82, 2.24) is 0 Å². The van der Waals surface area contributed by atoms with Gasteiger partial charge in [0.15, 0.2) is 0 Å². The second-order valence-corrected chi connectivity index (χ2v) is 4.21. The van der Waals surface area contributed by atoms with Gasteiger partial charge >= 0.3 is 0 Å². The lowest BCUT2D eigenvalue weighted by atomic mass is 10.2. The van der Waals surface area contributed by atoms with Crippen LogP contribution in [0.4, 0.5) is 0 Å². The highest BCUT2D eigenvalue weighted by Gasteiger charge is 2.06. The molecule has 0 fully saturated rings. The topological polar surface area (TPSA) is 35.2 Å². The highest BCUT2D eigenvalue weighted by molar-refractivity contribution is 9.10. The molecule has 0 aliphatic carbocycles. The number of ether oxygens (including phenoxy) is 1. The van der Waals surface area contributed by atoms with Crippen LogP contribution in [0.5, 0.6) is 5.75 Å². The molecule has 0 atom stereocenters. The van der Waals surface area contributed by atoms with Crippen LogP contribution in [0.25, 0.3) is 0 Å². The number of hydrogen-bond acceptors (Lipinski definition) is 2. The molecule has 2 N–H and O–H groups in total. The van der Waals surface area contributed by atoms with Crippen LogP contribution >= 0.6 is 28.1 Å². The second-order valence-electron chi connectivity index (χ2n) is 2.85. The first-order valence-electron chi connectivity index (χ1n) is 4.37. The van der Waals surface area contributed by atoms with Crippen LogP contribution in [0.15, 0.2) is 22.7 Å². The third kappa shape index (κ3) is 2.96. The molecule has 2 nitrogen and oxygen atoms in total. The molecule has 0 saturated heterocycles. The third-order valence-corrected chi connectivity index (χ3v) is 2.38.